The average Bonchev–Trinajstić information content (AvgIpc) is 2.18. The van der Waals surface area contributed by atoms with Crippen LogP contribution >= 0.6 is 0 Å². The predicted octanol–water partition coefficient (Wildman–Crippen LogP) is 1.22. The molecule has 0 aromatic heterocycles. The molecule has 1 unspecified atom stereocenters. The molecule has 0 bridgehead atoms. The summed E-state index contributed by atoms with van der Waals surface area (Å²) in [5.74, 6) is 1.13. The van der Waals surface area contributed by atoms with Crippen LogP contribution in [0.3, 0.4) is 0 Å². The lowest BCUT2D eigenvalue weighted by atomic mass is 10.1. The standard InChI is InChI=1S/C11H22N2O/c1-4-12-10(9-13(2)3)11-7-5-6-8-14-11/h7,10,12H,4-6,8-9H2,1-3H3. The topological polar surface area (TPSA) is 24.5 Å². The minimum absolute atomic E-state index is 0.357. The van der Waals surface area contributed by atoms with E-state index in [2.05, 4.69) is 37.3 Å². The summed E-state index contributed by atoms with van der Waals surface area (Å²) in [6, 6.07) is 0.357. The highest BCUT2D eigenvalue weighted by Gasteiger charge is 2.17. The maximum Gasteiger partial charge on any atom is 0.110 e. The van der Waals surface area contributed by atoms with Crippen molar-refractivity contribution in [1.29, 1.82) is 0 Å². The second-order valence-electron chi connectivity index (χ2n) is 3.97. The lowest BCUT2D eigenvalue weighted by Crippen LogP contribution is -2.40. The van der Waals surface area contributed by atoms with Crippen molar-refractivity contribution in [3.8, 4) is 0 Å². The summed E-state index contributed by atoms with van der Waals surface area (Å²) in [7, 11) is 4.18. The first-order chi connectivity index (χ1) is 6.74. The molecule has 3 heteroatoms. The molecule has 1 aliphatic heterocycles. The van der Waals surface area contributed by atoms with Gasteiger partial charge in [0.05, 0.1) is 12.6 Å². The molecule has 0 spiro atoms. The van der Waals surface area contributed by atoms with Gasteiger partial charge in [0.1, 0.15) is 5.76 Å². The van der Waals surface area contributed by atoms with E-state index in [1.54, 1.807) is 0 Å². The molecule has 1 aliphatic rings. The Kier molecular flexibility index (Phi) is 4.98. The number of nitrogens with one attached hydrogen (secondary N) is 1. The molecular formula is C11H22N2O. The first kappa shape index (κ1) is 11.5. The summed E-state index contributed by atoms with van der Waals surface area (Å²) in [5, 5.41) is 3.45. The third-order valence-electron chi connectivity index (χ3n) is 2.30. The van der Waals surface area contributed by atoms with Crippen LogP contribution in [0.5, 0.6) is 0 Å². The maximum absolute atomic E-state index is 5.67. The number of rotatable bonds is 5. The van der Waals surface area contributed by atoms with Gasteiger partial charge in [-0.3, -0.25) is 0 Å². The lowest BCUT2D eigenvalue weighted by molar-refractivity contribution is 0.158. The van der Waals surface area contributed by atoms with Crippen molar-refractivity contribution in [1.82, 2.24) is 10.2 Å². The van der Waals surface area contributed by atoms with E-state index in [0.717, 1.165) is 38.3 Å². The second-order valence-corrected chi connectivity index (χ2v) is 3.97. The van der Waals surface area contributed by atoms with Gasteiger partial charge in [0.15, 0.2) is 0 Å². The SMILES string of the molecule is CCNC(CN(C)C)C1=CCCCO1. The normalized spacial score (nSPS) is 19.0. The molecule has 0 saturated heterocycles. The summed E-state index contributed by atoms with van der Waals surface area (Å²) < 4.78 is 5.67. The van der Waals surface area contributed by atoms with Crippen LogP contribution in [0.15, 0.2) is 11.8 Å². The minimum Gasteiger partial charge on any atom is -0.497 e. The van der Waals surface area contributed by atoms with Gasteiger partial charge in [0.25, 0.3) is 0 Å². The molecule has 0 fully saturated rings. The molecule has 1 atom stereocenters. The van der Waals surface area contributed by atoms with Crippen molar-refractivity contribution in [3.63, 3.8) is 0 Å². The van der Waals surface area contributed by atoms with E-state index in [0.29, 0.717) is 6.04 Å². The van der Waals surface area contributed by atoms with Crippen LogP contribution in [-0.2, 0) is 4.74 Å². The molecule has 14 heavy (non-hydrogen) atoms. The van der Waals surface area contributed by atoms with Gasteiger partial charge in [-0.15, -0.1) is 0 Å². The first-order valence-corrected chi connectivity index (χ1v) is 5.45. The maximum atomic E-state index is 5.67. The fourth-order valence-corrected chi connectivity index (χ4v) is 1.69. The van der Waals surface area contributed by atoms with Crippen molar-refractivity contribution in [3.05, 3.63) is 11.8 Å². The third kappa shape index (κ3) is 3.68. The van der Waals surface area contributed by atoms with Gasteiger partial charge in [-0.2, -0.15) is 0 Å². The van der Waals surface area contributed by atoms with Gasteiger partial charge >= 0.3 is 0 Å². The molecule has 0 saturated carbocycles. The van der Waals surface area contributed by atoms with E-state index < -0.39 is 0 Å². The Morgan fingerprint density at radius 2 is 2.36 bits per heavy atom. The van der Waals surface area contributed by atoms with E-state index in [4.69, 9.17) is 4.74 Å². The molecule has 1 rings (SSSR count). The van der Waals surface area contributed by atoms with Crippen LogP contribution in [0.1, 0.15) is 19.8 Å². The number of likely N-dealkylation sites (N-methyl/N-ethyl adjacent to an activating group) is 2. The molecule has 0 aliphatic carbocycles. The van der Waals surface area contributed by atoms with Gasteiger partial charge in [0, 0.05) is 6.54 Å². The zero-order chi connectivity index (χ0) is 10.4. The summed E-state index contributed by atoms with van der Waals surface area (Å²) in [5.41, 5.74) is 0. The van der Waals surface area contributed by atoms with Crippen molar-refractivity contribution >= 4 is 0 Å². The highest BCUT2D eigenvalue weighted by molar-refractivity contribution is 5.06. The van der Waals surface area contributed by atoms with Gasteiger partial charge in [-0.1, -0.05) is 6.92 Å². The van der Waals surface area contributed by atoms with Crippen molar-refractivity contribution in [2.45, 2.75) is 25.8 Å². The lowest BCUT2D eigenvalue weighted by Gasteiger charge is -2.26. The molecule has 0 amide bonds. The zero-order valence-electron chi connectivity index (χ0n) is 9.55. The van der Waals surface area contributed by atoms with Crippen LogP contribution in [0.4, 0.5) is 0 Å². The van der Waals surface area contributed by atoms with Crippen molar-refractivity contribution < 1.29 is 4.74 Å². The molecule has 0 radical (unpaired) electrons. The molecule has 0 aromatic rings. The van der Waals surface area contributed by atoms with Crippen LogP contribution in [0.25, 0.3) is 0 Å². The van der Waals surface area contributed by atoms with E-state index in [1.165, 1.54) is 0 Å². The summed E-state index contributed by atoms with van der Waals surface area (Å²) in [6.45, 7) is 4.99. The number of hydrogen-bond donors (Lipinski definition) is 1. The van der Waals surface area contributed by atoms with Gasteiger partial charge < -0.3 is 15.0 Å². The average molecular weight is 198 g/mol. The molecular weight excluding hydrogens is 176 g/mol. The van der Waals surface area contributed by atoms with Gasteiger partial charge in [-0.25, -0.2) is 0 Å². The molecule has 3 nitrogen and oxygen atoms in total. The molecule has 1 heterocycles. The molecule has 82 valence electrons. The predicted molar refractivity (Wildman–Crippen MR) is 59.3 cm³/mol. The van der Waals surface area contributed by atoms with Gasteiger partial charge in [-0.05, 0) is 39.6 Å². The fourth-order valence-electron chi connectivity index (χ4n) is 1.69. The highest BCUT2D eigenvalue weighted by Crippen LogP contribution is 2.14. The first-order valence-electron chi connectivity index (χ1n) is 5.45. The van der Waals surface area contributed by atoms with Crippen LogP contribution < -0.4 is 5.32 Å². The van der Waals surface area contributed by atoms with Gasteiger partial charge in [0.2, 0.25) is 0 Å². The monoisotopic (exact) mass is 198 g/mol. The van der Waals surface area contributed by atoms with E-state index >= 15 is 0 Å². The number of nitrogens with zero attached hydrogens (tertiary/aromatic N) is 1. The van der Waals surface area contributed by atoms with Crippen LogP contribution in [-0.4, -0.2) is 44.7 Å². The summed E-state index contributed by atoms with van der Waals surface area (Å²) >= 11 is 0. The molecule has 0 aromatic carbocycles. The Labute approximate surface area is 87.1 Å². The van der Waals surface area contributed by atoms with E-state index in [9.17, 15) is 0 Å². The van der Waals surface area contributed by atoms with E-state index in [-0.39, 0.29) is 0 Å². The quantitative estimate of drug-likeness (QED) is 0.719. The second kappa shape index (κ2) is 6.04. The smallest absolute Gasteiger partial charge is 0.110 e. The fraction of sp³-hybridized carbons (Fsp3) is 0.818. The largest absolute Gasteiger partial charge is 0.497 e. The van der Waals surface area contributed by atoms with Crippen LogP contribution in [0.2, 0.25) is 0 Å². The number of ether oxygens (including phenoxy) is 1. The van der Waals surface area contributed by atoms with Crippen molar-refractivity contribution in [2.75, 3.05) is 33.8 Å². The minimum atomic E-state index is 0.357. The highest BCUT2D eigenvalue weighted by atomic mass is 16.5. The Morgan fingerprint density at radius 3 is 2.86 bits per heavy atom. The Hall–Kier alpha value is -0.540. The Bertz CT molecular complexity index is 190. The zero-order valence-corrected chi connectivity index (χ0v) is 9.55. The third-order valence-corrected chi connectivity index (χ3v) is 2.30. The number of allylic oxidation sites excluding steroid dienone is 1. The van der Waals surface area contributed by atoms with E-state index in [1.807, 2.05) is 0 Å². The Balaban J connectivity index is 2.51. The summed E-state index contributed by atoms with van der Waals surface area (Å²) in [6.07, 6.45) is 4.54. The van der Waals surface area contributed by atoms with Crippen LogP contribution in [0, 0.1) is 0 Å². The molecule has 1 N–H and O–H groups in total. The summed E-state index contributed by atoms with van der Waals surface area (Å²) in [4.78, 5) is 2.19. The Morgan fingerprint density at radius 1 is 1.57 bits per heavy atom. The number of hydrogen-bond acceptors (Lipinski definition) is 3. The van der Waals surface area contributed by atoms with Crippen molar-refractivity contribution in [2.24, 2.45) is 0 Å².